The van der Waals surface area contributed by atoms with Crippen LogP contribution < -0.4 is 4.90 Å². The van der Waals surface area contributed by atoms with Crippen LogP contribution in [0.2, 0.25) is 5.02 Å². The number of amides is 1. The minimum Gasteiger partial charge on any atom is -0.346 e. The number of hydrogen-bond acceptors (Lipinski definition) is 5. The molecule has 0 aliphatic carbocycles. The second-order valence-corrected chi connectivity index (χ2v) is 7.28. The zero-order chi connectivity index (χ0) is 16.4. The number of anilines is 1. The van der Waals surface area contributed by atoms with Crippen LogP contribution in [0.25, 0.3) is 0 Å². The fourth-order valence-electron chi connectivity index (χ4n) is 2.61. The summed E-state index contributed by atoms with van der Waals surface area (Å²) < 4.78 is 0. The molecule has 1 aliphatic rings. The van der Waals surface area contributed by atoms with E-state index in [0.717, 1.165) is 36.9 Å². The third kappa shape index (κ3) is 3.64. The van der Waals surface area contributed by atoms with Crippen molar-refractivity contribution in [3.63, 3.8) is 0 Å². The lowest BCUT2D eigenvalue weighted by molar-refractivity contribution is 0.0766. The number of halogens is 1. The largest absolute Gasteiger partial charge is 0.346 e. The van der Waals surface area contributed by atoms with Gasteiger partial charge in [0.05, 0.1) is 16.3 Å². The molecule has 0 aromatic carbocycles. The maximum atomic E-state index is 12.6. The van der Waals surface area contributed by atoms with Gasteiger partial charge in [-0.2, -0.15) is 0 Å². The molecule has 3 heterocycles. The highest BCUT2D eigenvalue weighted by atomic mass is 35.5. The first-order chi connectivity index (χ1) is 11.0. The van der Waals surface area contributed by atoms with Crippen molar-refractivity contribution >= 4 is 34.0 Å². The van der Waals surface area contributed by atoms with E-state index in [-0.39, 0.29) is 5.91 Å². The summed E-state index contributed by atoms with van der Waals surface area (Å²) in [6.07, 6.45) is 4.04. The van der Waals surface area contributed by atoms with Crippen LogP contribution in [0.5, 0.6) is 0 Å². The summed E-state index contributed by atoms with van der Waals surface area (Å²) in [5.41, 5.74) is 1.64. The highest BCUT2D eigenvalue weighted by Gasteiger charge is 2.22. The zero-order valence-electron chi connectivity index (χ0n) is 13.3. The van der Waals surface area contributed by atoms with E-state index in [9.17, 15) is 4.79 Å². The maximum absolute atomic E-state index is 12.6. The Hall–Kier alpha value is -1.66. The molecule has 0 saturated carbocycles. The van der Waals surface area contributed by atoms with Crippen LogP contribution >= 0.6 is 22.9 Å². The highest BCUT2D eigenvalue weighted by molar-refractivity contribution is 7.15. The molecule has 2 aromatic heterocycles. The standard InChI is InChI=1S/C16H19ClN4OS/c1-11-12(2)23-16(19-11)21-5-3-4-20(6-7-21)15(22)13-8-14(17)10-18-9-13/h8-10H,3-7H2,1-2H3. The highest BCUT2D eigenvalue weighted by Crippen LogP contribution is 2.26. The lowest BCUT2D eigenvalue weighted by Gasteiger charge is -2.21. The number of rotatable bonds is 2. The first-order valence-corrected chi connectivity index (χ1v) is 8.83. The molecule has 1 saturated heterocycles. The van der Waals surface area contributed by atoms with Crippen LogP contribution in [0.1, 0.15) is 27.3 Å². The topological polar surface area (TPSA) is 49.3 Å². The molecular formula is C16H19ClN4OS. The molecule has 0 spiro atoms. The van der Waals surface area contributed by atoms with Gasteiger partial charge in [0.2, 0.25) is 0 Å². The first kappa shape index (κ1) is 16.2. The number of aryl methyl sites for hydroxylation is 2. The Morgan fingerprint density at radius 2 is 2.04 bits per heavy atom. The lowest BCUT2D eigenvalue weighted by Crippen LogP contribution is -2.35. The Kier molecular flexibility index (Phi) is 4.82. The summed E-state index contributed by atoms with van der Waals surface area (Å²) in [7, 11) is 0. The number of carbonyl (C=O) groups excluding carboxylic acids is 1. The van der Waals surface area contributed by atoms with E-state index in [0.29, 0.717) is 17.1 Å². The summed E-state index contributed by atoms with van der Waals surface area (Å²) in [6.45, 7) is 7.27. The molecule has 23 heavy (non-hydrogen) atoms. The van der Waals surface area contributed by atoms with Gasteiger partial charge in [-0.15, -0.1) is 11.3 Å². The number of carbonyl (C=O) groups is 1. The molecule has 1 aliphatic heterocycles. The van der Waals surface area contributed by atoms with E-state index >= 15 is 0 Å². The Bertz CT molecular complexity index is 698. The van der Waals surface area contributed by atoms with Gasteiger partial charge in [0.15, 0.2) is 5.13 Å². The van der Waals surface area contributed by atoms with Crippen LogP contribution in [0.4, 0.5) is 5.13 Å². The summed E-state index contributed by atoms with van der Waals surface area (Å²) in [5, 5.41) is 1.54. The molecule has 0 atom stereocenters. The van der Waals surface area contributed by atoms with Gasteiger partial charge in [-0.3, -0.25) is 9.78 Å². The third-order valence-corrected chi connectivity index (χ3v) is 5.36. The van der Waals surface area contributed by atoms with Gasteiger partial charge in [0.1, 0.15) is 0 Å². The SMILES string of the molecule is Cc1nc(N2CCCN(C(=O)c3cncc(Cl)c3)CC2)sc1C. The van der Waals surface area contributed by atoms with Crippen molar-refractivity contribution in [3.05, 3.63) is 39.6 Å². The average molecular weight is 351 g/mol. The van der Waals surface area contributed by atoms with Crippen LogP contribution in [-0.4, -0.2) is 47.0 Å². The molecule has 5 nitrogen and oxygen atoms in total. The van der Waals surface area contributed by atoms with Gasteiger partial charge < -0.3 is 9.80 Å². The van der Waals surface area contributed by atoms with Crippen molar-refractivity contribution in [1.82, 2.24) is 14.9 Å². The number of aromatic nitrogens is 2. The van der Waals surface area contributed by atoms with Gasteiger partial charge in [0.25, 0.3) is 5.91 Å². The molecular weight excluding hydrogens is 332 g/mol. The Labute approximate surface area is 144 Å². The minimum absolute atomic E-state index is 0.00616. The monoisotopic (exact) mass is 350 g/mol. The average Bonchev–Trinajstić information content (AvgIpc) is 2.75. The zero-order valence-corrected chi connectivity index (χ0v) is 14.8. The molecule has 1 fully saturated rings. The van der Waals surface area contributed by atoms with E-state index in [2.05, 4.69) is 21.8 Å². The van der Waals surface area contributed by atoms with Crippen molar-refractivity contribution < 1.29 is 4.79 Å². The van der Waals surface area contributed by atoms with E-state index < -0.39 is 0 Å². The Morgan fingerprint density at radius 1 is 1.22 bits per heavy atom. The smallest absolute Gasteiger partial charge is 0.255 e. The normalized spacial score (nSPS) is 15.6. The fourth-order valence-corrected chi connectivity index (χ4v) is 3.75. The van der Waals surface area contributed by atoms with Crippen molar-refractivity contribution in [2.75, 3.05) is 31.1 Å². The quantitative estimate of drug-likeness (QED) is 0.834. The second-order valence-electron chi connectivity index (χ2n) is 5.66. The molecule has 2 aromatic rings. The van der Waals surface area contributed by atoms with Crippen LogP contribution in [0.3, 0.4) is 0 Å². The predicted octanol–water partition coefficient (Wildman–Crippen LogP) is 3.16. The number of thiazole rings is 1. The van der Waals surface area contributed by atoms with Crippen LogP contribution in [-0.2, 0) is 0 Å². The lowest BCUT2D eigenvalue weighted by atomic mass is 10.2. The van der Waals surface area contributed by atoms with Gasteiger partial charge in [-0.05, 0) is 26.3 Å². The van der Waals surface area contributed by atoms with E-state index in [1.165, 1.54) is 11.1 Å². The van der Waals surface area contributed by atoms with Crippen LogP contribution in [0.15, 0.2) is 18.5 Å². The second kappa shape index (κ2) is 6.84. The molecule has 122 valence electrons. The van der Waals surface area contributed by atoms with Gasteiger partial charge >= 0.3 is 0 Å². The number of pyridine rings is 1. The summed E-state index contributed by atoms with van der Waals surface area (Å²) in [5.74, 6) is -0.00616. The van der Waals surface area contributed by atoms with Crippen molar-refractivity contribution in [3.8, 4) is 0 Å². The third-order valence-electron chi connectivity index (χ3n) is 4.02. The van der Waals surface area contributed by atoms with E-state index in [1.54, 1.807) is 23.6 Å². The van der Waals surface area contributed by atoms with Crippen molar-refractivity contribution in [2.24, 2.45) is 0 Å². The minimum atomic E-state index is -0.00616. The molecule has 1 amide bonds. The Morgan fingerprint density at radius 3 is 2.74 bits per heavy atom. The molecule has 0 radical (unpaired) electrons. The summed E-state index contributed by atoms with van der Waals surface area (Å²) in [4.78, 5) is 26.6. The summed E-state index contributed by atoms with van der Waals surface area (Å²) >= 11 is 7.65. The summed E-state index contributed by atoms with van der Waals surface area (Å²) in [6, 6.07) is 1.67. The molecule has 3 rings (SSSR count). The van der Waals surface area contributed by atoms with Crippen molar-refractivity contribution in [2.45, 2.75) is 20.3 Å². The van der Waals surface area contributed by atoms with Gasteiger partial charge in [-0.1, -0.05) is 11.6 Å². The maximum Gasteiger partial charge on any atom is 0.255 e. The van der Waals surface area contributed by atoms with Crippen molar-refractivity contribution in [1.29, 1.82) is 0 Å². The van der Waals surface area contributed by atoms with E-state index in [4.69, 9.17) is 11.6 Å². The van der Waals surface area contributed by atoms with Crippen LogP contribution in [0, 0.1) is 13.8 Å². The van der Waals surface area contributed by atoms with Gasteiger partial charge in [0, 0.05) is 43.4 Å². The molecule has 0 N–H and O–H groups in total. The number of nitrogens with zero attached hydrogens (tertiary/aromatic N) is 4. The fraction of sp³-hybridized carbons (Fsp3) is 0.438. The molecule has 0 unspecified atom stereocenters. The number of hydrogen-bond donors (Lipinski definition) is 0. The van der Waals surface area contributed by atoms with Gasteiger partial charge in [-0.25, -0.2) is 4.98 Å². The van der Waals surface area contributed by atoms with E-state index in [1.807, 2.05) is 11.8 Å². The predicted molar refractivity (Wildman–Crippen MR) is 93.6 cm³/mol. The molecule has 7 heteroatoms. The molecule has 0 bridgehead atoms. The first-order valence-electron chi connectivity index (χ1n) is 7.63. The Balaban J connectivity index is 1.69.